The summed E-state index contributed by atoms with van der Waals surface area (Å²) in [5.41, 5.74) is 0. The van der Waals surface area contributed by atoms with Gasteiger partial charge < -0.3 is 19.2 Å². The molecular weight excluding hydrogens is 194 g/mol. The van der Waals surface area contributed by atoms with Crippen LogP contribution in [0.5, 0.6) is 0 Å². The molecule has 2 heterocycles. The standard InChI is InChI=1S/C11H17NO3/c1-8-3-4-10(15-8)9(2)12-7-11-13-5-6-14-11/h3-4,9,11-12H,5-7H2,1-2H3. The van der Waals surface area contributed by atoms with Crippen molar-refractivity contribution in [1.29, 1.82) is 0 Å². The molecule has 0 bridgehead atoms. The zero-order chi connectivity index (χ0) is 10.7. The molecule has 1 fully saturated rings. The number of rotatable bonds is 4. The number of hydrogen-bond donors (Lipinski definition) is 1. The summed E-state index contributed by atoms with van der Waals surface area (Å²) in [5.74, 6) is 1.89. The monoisotopic (exact) mass is 211 g/mol. The molecule has 1 atom stereocenters. The second-order valence-corrected chi connectivity index (χ2v) is 3.75. The minimum atomic E-state index is -0.108. The van der Waals surface area contributed by atoms with Crippen LogP contribution in [0, 0.1) is 6.92 Å². The molecule has 0 saturated carbocycles. The Labute approximate surface area is 89.6 Å². The average molecular weight is 211 g/mol. The summed E-state index contributed by atoms with van der Waals surface area (Å²) in [4.78, 5) is 0. The van der Waals surface area contributed by atoms with Crippen LogP contribution in [0.25, 0.3) is 0 Å². The van der Waals surface area contributed by atoms with Gasteiger partial charge >= 0.3 is 0 Å². The topological polar surface area (TPSA) is 43.6 Å². The molecule has 0 amide bonds. The molecule has 2 rings (SSSR count). The van der Waals surface area contributed by atoms with E-state index < -0.39 is 0 Å². The molecule has 4 heteroatoms. The third-order valence-corrected chi connectivity index (χ3v) is 2.47. The first kappa shape index (κ1) is 10.7. The number of nitrogens with one attached hydrogen (secondary N) is 1. The van der Waals surface area contributed by atoms with E-state index in [1.165, 1.54) is 0 Å². The Morgan fingerprint density at radius 3 is 2.73 bits per heavy atom. The lowest BCUT2D eigenvalue weighted by Gasteiger charge is -2.14. The molecule has 1 saturated heterocycles. The number of aryl methyl sites for hydroxylation is 1. The predicted molar refractivity (Wildman–Crippen MR) is 55.6 cm³/mol. The summed E-state index contributed by atoms with van der Waals surface area (Å²) in [5, 5.41) is 3.31. The van der Waals surface area contributed by atoms with Crippen molar-refractivity contribution in [3.63, 3.8) is 0 Å². The van der Waals surface area contributed by atoms with E-state index >= 15 is 0 Å². The average Bonchev–Trinajstić information content (AvgIpc) is 2.84. The van der Waals surface area contributed by atoms with E-state index in [2.05, 4.69) is 12.2 Å². The Hall–Kier alpha value is -0.840. The Bertz CT molecular complexity index is 305. The maximum absolute atomic E-state index is 5.52. The number of hydrogen-bond acceptors (Lipinski definition) is 4. The first-order valence-corrected chi connectivity index (χ1v) is 5.28. The Balaban J connectivity index is 1.79. The highest BCUT2D eigenvalue weighted by Crippen LogP contribution is 2.15. The van der Waals surface area contributed by atoms with Crippen molar-refractivity contribution < 1.29 is 13.9 Å². The van der Waals surface area contributed by atoms with Crippen LogP contribution in [0.4, 0.5) is 0 Å². The van der Waals surface area contributed by atoms with Crippen molar-refractivity contribution in [1.82, 2.24) is 5.32 Å². The van der Waals surface area contributed by atoms with Crippen LogP contribution < -0.4 is 5.32 Å². The molecule has 0 aromatic carbocycles. The molecule has 1 N–H and O–H groups in total. The summed E-state index contributed by atoms with van der Waals surface area (Å²) < 4.78 is 16.2. The van der Waals surface area contributed by atoms with Crippen LogP contribution in [0.15, 0.2) is 16.5 Å². The van der Waals surface area contributed by atoms with Gasteiger partial charge in [0, 0.05) is 6.54 Å². The van der Waals surface area contributed by atoms with Crippen molar-refractivity contribution in [2.45, 2.75) is 26.2 Å². The Morgan fingerprint density at radius 2 is 2.13 bits per heavy atom. The van der Waals surface area contributed by atoms with Gasteiger partial charge in [0.05, 0.1) is 19.3 Å². The van der Waals surface area contributed by atoms with E-state index in [0.717, 1.165) is 11.5 Å². The summed E-state index contributed by atoms with van der Waals surface area (Å²) in [6.45, 7) is 6.09. The molecule has 4 nitrogen and oxygen atoms in total. The van der Waals surface area contributed by atoms with E-state index in [9.17, 15) is 0 Å². The van der Waals surface area contributed by atoms with Gasteiger partial charge in [-0.1, -0.05) is 0 Å². The highest BCUT2D eigenvalue weighted by molar-refractivity contribution is 5.08. The van der Waals surface area contributed by atoms with Crippen molar-refractivity contribution >= 4 is 0 Å². The summed E-state index contributed by atoms with van der Waals surface area (Å²) in [6.07, 6.45) is -0.108. The molecule has 1 aliphatic rings. The second-order valence-electron chi connectivity index (χ2n) is 3.75. The van der Waals surface area contributed by atoms with Gasteiger partial charge in [-0.2, -0.15) is 0 Å². The molecule has 0 aliphatic carbocycles. The molecule has 1 unspecified atom stereocenters. The molecule has 1 aliphatic heterocycles. The maximum Gasteiger partial charge on any atom is 0.170 e. The van der Waals surface area contributed by atoms with Gasteiger partial charge in [-0.15, -0.1) is 0 Å². The van der Waals surface area contributed by atoms with E-state index in [0.29, 0.717) is 19.8 Å². The van der Waals surface area contributed by atoms with Gasteiger partial charge in [0.25, 0.3) is 0 Å². The van der Waals surface area contributed by atoms with E-state index in [-0.39, 0.29) is 12.3 Å². The summed E-state index contributed by atoms with van der Waals surface area (Å²) >= 11 is 0. The lowest BCUT2D eigenvalue weighted by atomic mass is 10.2. The van der Waals surface area contributed by atoms with Crippen molar-refractivity contribution in [3.05, 3.63) is 23.7 Å². The van der Waals surface area contributed by atoms with Gasteiger partial charge in [-0.3, -0.25) is 0 Å². The summed E-state index contributed by atoms with van der Waals surface area (Å²) in [7, 11) is 0. The SMILES string of the molecule is Cc1ccc(C(C)NCC2OCCO2)o1. The summed E-state index contributed by atoms with van der Waals surface area (Å²) in [6, 6.07) is 4.14. The molecule has 0 spiro atoms. The van der Waals surface area contributed by atoms with Gasteiger partial charge in [0.15, 0.2) is 6.29 Å². The zero-order valence-electron chi connectivity index (χ0n) is 9.16. The van der Waals surface area contributed by atoms with Crippen LogP contribution in [0.2, 0.25) is 0 Å². The highest BCUT2D eigenvalue weighted by Gasteiger charge is 2.17. The fourth-order valence-electron chi connectivity index (χ4n) is 1.58. The molecule has 84 valence electrons. The number of ether oxygens (including phenoxy) is 2. The first-order chi connectivity index (χ1) is 7.25. The highest BCUT2D eigenvalue weighted by atomic mass is 16.7. The molecule has 1 aromatic heterocycles. The Kier molecular flexibility index (Phi) is 3.41. The molecular formula is C11H17NO3. The normalized spacial score (nSPS) is 19.6. The predicted octanol–water partition coefficient (Wildman–Crippen LogP) is 1.61. The Morgan fingerprint density at radius 1 is 1.40 bits per heavy atom. The fraction of sp³-hybridized carbons (Fsp3) is 0.636. The molecule has 0 radical (unpaired) electrons. The van der Waals surface area contributed by atoms with Gasteiger partial charge in [0.2, 0.25) is 0 Å². The smallest absolute Gasteiger partial charge is 0.170 e. The minimum Gasteiger partial charge on any atom is -0.465 e. The lowest BCUT2D eigenvalue weighted by Crippen LogP contribution is -2.29. The first-order valence-electron chi connectivity index (χ1n) is 5.28. The quantitative estimate of drug-likeness (QED) is 0.821. The van der Waals surface area contributed by atoms with Crippen LogP contribution in [0.1, 0.15) is 24.5 Å². The van der Waals surface area contributed by atoms with E-state index in [1.807, 2.05) is 19.1 Å². The van der Waals surface area contributed by atoms with Gasteiger partial charge in [-0.25, -0.2) is 0 Å². The minimum absolute atomic E-state index is 0.108. The fourth-order valence-corrected chi connectivity index (χ4v) is 1.58. The largest absolute Gasteiger partial charge is 0.465 e. The van der Waals surface area contributed by atoms with E-state index in [1.54, 1.807) is 0 Å². The third-order valence-electron chi connectivity index (χ3n) is 2.47. The van der Waals surface area contributed by atoms with Gasteiger partial charge in [0.1, 0.15) is 11.5 Å². The van der Waals surface area contributed by atoms with Crippen LogP contribution >= 0.6 is 0 Å². The number of furan rings is 1. The third kappa shape index (κ3) is 2.81. The van der Waals surface area contributed by atoms with E-state index in [4.69, 9.17) is 13.9 Å². The lowest BCUT2D eigenvalue weighted by molar-refractivity contribution is -0.0406. The van der Waals surface area contributed by atoms with Crippen molar-refractivity contribution in [3.8, 4) is 0 Å². The van der Waals surface area contributed by atoms with Gasteiger partial charge in [-0.05, 0) is 26.0 Å². The van der Waals surface area contributed by atoms with Crippen molar-refractivity contribution in [2.75, 3.05) is 19.8 Å². The van der Waals surface area contributed by atoms with Crippen LogP contribution in [-0.4, -0.2) is 26.0 Å². The zero-order valence-corrected chi connectivity index (χ0v) is 9.16. The maximum atomic E-state index is 5.52. The second kappa shape index (κ2) is 4.79. The molecule has 15 heavy (non-hydrogen) atoms. The van der Waals surface area contributed by atoms with Crippen LogP contribution in [0.3, 0.4) is 0 Å². The van der Waals surface area contributed by atoms with Crippen molar-refractivity contribution in [2.24, 2.45) is 0 Å². The van der Waals surface area contributed by atoms with Crippen LogP contribution in [-0.2, 0) is 9.47 Å². The molecule has 1 aromatic rings.